The van der Waals surface area contributed by atoms with Crippen LogP contribution < -0.4 is 56.1 Å². The Bertz CT molecular complexity index is 497. The zero-order valence-corrected chi connectivity index (χ0v) is 14.0. The van der Waals surface area contributed by atoms with Gasteiger partial charge in [0.2, 0.25) is 0 Å². The summed E-state index contributed by atoms with van der Waals surface area (Å²) >= 11 is 0. The molecule has 7 heteroatoms. The Morgan fingerprint density at radius 3 is 2.16 bits per heavy atom. The molecule has 0 aliphatic heterocycles. The van der Waals surface area contributed by atoms with Gasteiger partial charge in [0.25, 0.3) is 0 Å². The number of rotatable bonds is 3. The van der Waals surface area contributed by atoms with E-state index in [0.29, 0.717) is 11.3 Å². The number of hydrogen-bond acceptors (Lipinski definition) is 1. The minimum absolute atomic E-state index is 0. The third-order valence-electron chi connectivity index (χ3n) is 4.51. The maximum atomic E-state index is 13.8. The van der Waals surface area contributed by atoms with Crippen LogP contribution in [0.5, 0.6) is 5.75 Å². The molecule has 0 amide bonds. The summed E-state index contributed by atoms with van der Waals surface area (Å²) in [5.41, 5.74) is -0.168. The van der Waals surface area contributed by atoms with E-state index < -0.39 is 23.5 Å². The number of ether oxygens (including phenoxy) is 1. The van der Waals surface area contributed by atoms with Gasteiger partial charge in [0.15, 0.2) is 0 Å². The summed E-state index contributed by atoms with van der Waals surface area (Å²) in [7, 11) is 1.43. The average Bonchev–Trinajstić information content (AvgIpc) is 2.14. The Balaban J connectivity index is 0.00000133. The predicted octanol–water partition coefficient (Wildman–Crippen LogP) is 0.861. The molecule has 4 rings (SSSR count). The van der Waals surface area contributed by atoms with Crippen LogP contribution in [0.25, 0.3) is 0 Å². The molecule has 0 heterocycles. The second-order valence-corrected chi connectivity index (χ2v) is 5.59. The molecule has 1 aromatic carbocycles. The minimum atomic E-state index is -4.80. The van der Waals surface area contributed by atoms with Gasteiger partial charge in [-0.2, -0.15) is 0 Å². The predicted molar refractivity (Wildman–Crippen MR) is 60.3 cm³/mol. The molecule has 3 fully saturated rings. The topological polar surface area (TPSA) is 9.23 Å². The molecule has 0 saturated heterocycles. The summed E-state index contributed by atoms with van der Waals surface area (Å²) in [4.78, 5) is 0. The standard InChI is InChI=1S/C12H12BF4O.K/c1-18-8-2-3-9(10(14)4-8)11-5-12(6-11,7-11)13(15,16)17;/h2-4H,5-7H2,1H3;/q-1;+1. The van der Waals surface area contributed by atoms with Gasteiger partial charge in [-0.25, -0.2) is 4.39 Å². The van der Waals surface area contributed by atoms with Crippen LogP contribution in [0.2, 0.25) is 5.31 Å². The van der Waals surface area contributed by atoms with Crippen molar-refractivity contribution in [3.05, 3.63) is 29.6 Å². The Labute approximate surface area is 151 Å². The zero-order valence-electron chi connectivity index (χ0n) is 10.9. The van der Waals surface area contributed by atoms with Crippen molar-refractivity contribution in [3.63, 3.8) is 0 Å². The van der Waals surface area contributed by atoms with Crippen molar-refractivity contribution in [1.29, 1.82) is 0 Å². The molecular formula is C12H12BF4KO. The minimum Gasteiger partial charge on any atom is -0.497 e. The van der Waals surface area contributed by atoms with Gasteiger partial charge in [-0.15, -0.1) is 0 Å². The molecule has 3 saturated carbocycles. The van der Waals surface area contributed by atoms with E-state index in [9.17, 15) is 17.3 Å². The van der Waals surface area contributed by atoms with E-state index in [1.54, 1.807) is 12.1 Å². The van der Waals surface area contributed by atoms with Crippen molar-refractivity contribution in [2.75, 3.05) is 7.11 Å². The van der Waals surface area contributed by atoms with Crippen LogP contribution in [0.1, 0.15) is 24.8 Å². The Kier molecular flexibility index (Phi) is 3.94. The Morgan fingerprint density at radius 2 is 1.74 bits per heavy atom. The van der Waals surface area contributed by atoms with Gasteiger partial charge in [0.05, 0.1) is 7.11 Å². The van der Waals surface area contributed by atoms with Crippen LogP contribution >= 0.6 is 0 Å². The van der Waals surface area contributed by atoms with Crippen molar-refractivity contribution in [2.45, 2.75) is 30.0 Å². The van der Waals surface area contributed by atoms with Crippen LogP contribution in [-0.2, 0) is 5.41 Å². The second kappa shape index (κ2) is 4.73. The molecule has 0 aromatic heterocycles. The first-order chi connectivity index (χ1) is 8.32. The summed E-state index contributed by atoms with van der Waals surface area (Å²) in [5.74, 6) is -0.0741. The summed E-state index contributed by atoms with van der Waals surface area (Å²) in [5, 5.41) is -1.48. The number of benzene rings is 1. The maximum Gasteiger partial charge on any atom is 1.00 e. The smallest absolute Gasteiger partial charge is 0.497 e. The van der Waals surface area contributed by atoms with E-state index in [1.165, 1.54) is 13.2 Å². The molecule has 2 bridgehead atoms. The van der Waals surface area contributed by atoms with Gasteiger partial charge in [-0.3, -0.25) is 0 Å². The monoisotopic (exact) mass is 298 g/mol. The quantitative estimate of drug-likeness (QED) is 0.594. The molecule has 0 radical (unpaired) electrons. The first-order valence-corrected chi connectivity index (χ1v) is 5.85. The van der Waals surface area contributed by atoms with Crippen LogP contribution in [-0.4, -0.2) is 14.1 Å². The summed E-state index contributed by atoms with van der Waals surface area (Å²) in [6.07, 6.45) is 0.145. The fourth-order valence-electron chi connectivity index (χ4n) is 3.55. The molecule has 0 unspecified atom stereocenters. The first-order valence-electron chi connectivity index (χ1n) is 5.85. The van der Waals surface area contributed by atoms with Crippen molar-refractivity contribution in [1.82, 2.24) is 0 Å². The third-order valence-corrected chi connectivity index (χ3v) is 4.51. The summed E-state index contributed by atoms with van der Waals surface area (Å²) < 4.78 is 57.1. The molecule has 98 valence electrons. The molecular weight excluding hydrogens is 286 g/mol. The Morgan fingerprint density at radius 1 is 1.16 bits per heavy atom. The fourth-order valence-corrected chi connectivity index (χ4v) is 3.55. The second-order valence-electron chi connectivity index (χ2n) is 5.59. The molecule has 19 heavy (non-hydrogen) atoms. The summed E-state index contributed by atoms with van der Waals surface area (Å²) in [6, 6.07) is 4.39. The number of halogens is 4. The van der Waals surface area contributed by atoms with Gasteiger partial charge >= 0.3 is 58.4 Å². The normalized spacial score (nSPS) is 31.8. The van der Waals surface area contributed by atoms with Gasteiger partial charge in [0.1, 0.15) is 11.6 Å². The molecule has 3 aliphatic rings. The van der Waals surface area contributed by atoms with Crippen molar-refractivity contribution in [2.24, 2.45) is 0 Å². The zero-order chi connectivity index (χ0) is 13.2. The molecule has 0 spiro atoms. The number of methoxy groups -OCH3 is 1. The maximum absolute atomic E-state index is 13.8. The third kappa shape index (κ3) is 2.12. The van der Waals surface area contributed by atoms with Crippen LogP contribution in [0.3, 0.4) is 0 Å². The molecule has 1 aromatic rings. The van der Waals surface area contributed by atoms with Gasteiger partial charge < -0.3 is 17.7 Å². The largest absolute Gasteiger partial charge is 1.00 e. The molecule has 0 atom stereocenters. The van der Waals surface area contributed by atoms with Gasteiger partial charge in [0, 0.05) is 6.07 Å². The Hall–Kier alpha value is 0.441. The van der Waals surface area contributed by atoms with E-state index >= 15 is 0 Å². The van der Waals surface area contributed by atoms with E-state index in [4.69, 9.17) is 4.74 Å². The van der Waals surface area contributed by atoms with E-state index in [0.717, 1.165) is 0 Å². The van der Waals surface area contributed by atoms with Crippen LogP contribution in [0, 0.1) is 5.82 Å². The number of hydrogen-bond donors (Lipinski definition) is 0. The fraction of sp³-hybridized carbons (Fsp3) is 0.500. The van der Waals surface area contributed by atoms with Crippen LogP contribution in [0.15, 0.2) is 18.2 Å². The van der Waals surface area contributed by atoms with Crippen molar-refractivity contribution >= 4 is 6.98 Å². The van der Waals surface area contributed by atoms with E-state index in [2.05, 4.69) is 0 Å². The SMILES string of the molecule is COc1ccc(C23CC([B-](F)(F)F)(C2)C3)c(F)c1.[K+]. The van der Waals surface area contributed by atoms with E-state index in [-0.39, 0.29) is 70.6 Å². The van der Waals surface area contributed by atoms with Crippen molar-refractivity contribution in [3.8, 4) is 5.75 Å². The van der Waals surface area contributed by atoms with Crippen molar-refractivity contribution < 1.29 is 73.5 Å². The molecule has 1 nitrogen and oxygen atoms in total. The molecule has 3 aliphatic carbocycles. The average molecular weight is 298 g/mol. The van der Waals surface area contributed by atoms with Crippen LogP contribution in [0.4, 0.5) is 17.3 Å². The first kappa shape index (κ1) is 15.8. The van der Waals surface area contributed by atoms with Gasteiger partial charge in [-0.05, 0) is 17.0 Å². The van der Waals surface area contributed by atoms with E-state index in [1.807, 2.05) is 0 Å². The van der Waals surface area contributed by atoms with Gasteiger partial charge in [-0.1, -0.05) is 30.6 Å². The summed E-state index contributed by atoms with van der Waals surface area (Å²) in [6.45, 7) is -4.80. The molecule has 0 N–H and O–H groups in total.